The number of carboxylic acid groups (broad SMARTS) is 2. The number of benzene rings is 4. The quantitative estimate of drug-likeness (QED) is 0.189. The first-order valence-corrected chi connectivity index (χ1v) is 19.4. The summed E-state index contributed by atoms with van der Waals surface area (Å²) in [6.07, 6.45) is 3.31. The van der Waals surface area contributed by atoms with Crippen molar-refractivity contribution < 1.29 is 19.8 Å². The summed E-state index contributed by atoms with van der Waals surface area (Å²) < 4.78 is 0. The summed E-state index contributed by atoms with van der Waals surface area (Å²) in [6.45, 7) is 35.2. The van der Waals surface area contributed by atoms with Gasteiger partial charge in [-0.05, 0) is 188 Å². The molecule has 2 N–H and O–H groups in total. The highest BCUT2D eigenvalue weighted by Gasteiger charge is 2.23. The van der Waals surface area contributed by atoms with Crippen LogP contribution in [0.2, 0.25) is 0 Å². The summed E-state index contributed by atoms with van der Waals surface area (Å²) >= 11 is 1.17. The number of hydrogen-bond acceptors (Lipinski definition) is 3. The molecule has 0 heterocycles. The maximum atomic E-state index is 11.8. The van der Waals surface area contributed by atoms with E-state index in [2.05, 4.69) is 69.2 Å². The lowest BCUT2D eigenvalue weighted by Gasteiger charge is -2.24. The van der Waals surface area contributed by atoms with E-state index in [9.17, 15) is 19.8 Å². The third kappa shape index (κ3) is 9.02. The van der Waals surface area contributed by atoms with Gasteiger partial charge in [0.15, 0.2) is 0 Å². The molecule has 0 atom stereocenters. The molecular weight excluding hydrogens is 661 g/mol. The fourth-order valence-corrected chi connectivity index (χ4v) is 8.19. The smallest absolute Gasteiger partial charge is 0.336 e. The maximum Gasteiger partial charge on any atom is 0.336 e. The van der Waals surface area contributed by atoms with E-state index in [1.807, 2.05) is 53.7 Å². The fourth-order valence-electron chi connectivity index (χ4n) is 7.17. The van der Waals surface area contributed by atoms with Crippen molar-refractivity contribution in [3.8, 4) is 0 Å². The van der Waals surface area contributed by atoms with E-state index in [1.54, 1.807) is 46.5 Å². The molecule has 0 aliphatic carbocycles. The predicted octanol–water partition coefficient (Wildman–Crippen LogP) is 12.7. The zero-order valence-electron chi connectivity index (χ0n) is 34.7. The van der Waals surface area contributed by atoms with E-state index in [4.69, 9.17) is 0 Å². The standard InChI is InChI=1S/C25H36.C22H26O4S/c1-11-22-18(7)14(3)16(5)20(9)24(22)13-25-21(10)17(6)15(4)19(8)23(25)12-2;1-21(2,3)13-7-9-17(15(11-13)19(23)24)27-18-10-8-14(22(4,5)6)12-16(18)20(25)26/h11-13H2,1-10H3;7-12H,1-6H3,(H,23,24)(H,25,26). The van der Waals surface area contributed by atoms with Crippen LogP contribution in [0.5, 0.6) is 0 Å². The third-order valence-corrected chi connectivity index (χ3v) is 12.5. The first kappa shape index (κ1) is 42.6. The molecule has 0 bridgehead atoms. The van der Waals surface area contributed by atoms with E-state index in [0.29, 0.717) is 9.79 Å². The highest BCUT2D eigenvalue weighted by Crippen LogP contribution is 2.38. The van der Waals surface area contributed by atoms with Crippen LogP contribution in [0, 0.1) is 55.4 Å². The minimum absolute atomic E-state index is 0.173. The lowest BCUT2D eigenvalue weighted by atomic mass is 9.80. The fraction of sp³-hybridized carbons (Fsp3) is 0.447. The Bertz CT molecular complexity index is 1860. The highest BCUT2D eigenvalue weighted by molar-refractivity contribution is 7.99. The van der Waals surface area contributed by atoms with E-state index < -0.39 is 11.9 Å². The molecule has 0 aromatic heterocycles. The predicted molar refractivity (Wildman–Crippen MR) is 221 cm³/mol. The van der Waals surface area contributed by atoms with Crippen LogP contribution in [0.15, 0.2) is 46.2 Å². The summed E-state index contributed by atoms with van der Waals surface area (Å²) in [5, 5.41) is 19.3. The Labute approximate surface area is 318 Å². The molecule has 4 rings (SSSR count). The average molecular weight is 723 g/mol. The van der Waals surface area contributed by atoms with Crippen molar-refractivity contribution in [1.29, 1.82) is 0 Å². The Morgan fingerprint density at radius 1 is 0.500 bits per heavy atom. The van der Waals surface area contributed by atoms with Crippen LogP contribution in [0.25, 0.3) is 0 Å². The third-order valence-electron chi connectivity index (χ3n) is 11.3. The molecule has 0 saturated carbocycles. The molecule has 4 aromatic rings. The first-order valence-electron chi connectivity index (χ1n) is 18.6. The van der Waals surface area contributed by atoms with Gasteiger partial charge in [0.25, 0.3) is 0 Å². The molecule has 0 aliphatic rings. The Balaban J connectivity index is 0.000000281. The van der Waals surface area contributed by atoms with Gasteiger partial charge in [-0.25, -0.2) is 9.59 Å². The summed E-state index contributed by atoms with van der Waals surface area (Å²) in [4.78, 5) is 24.6. The molecular formula is C47H62O4S. The summed E-state index contributed by atoms with van der Waals surface area (Å²) in [5.41, 5.74) is 20.0. The average Bonchev–Trinajstić information content (AvgIpc) is 3.07. The van der Waals surface area contributed by atoms with Gasteiger partial charge in [0.1, 0.15) is 0 Å². The highest BCUT2D eigenvalue weighted by atomic mass is 32.2. The molecule has 0 aliphatic heterocycles. The van der Waals surface area contributed by atoms with Crippen molar-refractivity contribution in [3.05, 3.63) is 125 Å². The maximum absolute atomic E-state index is 11.8. The van der Waals surface area contributed by atoms with E-state index in [-0.39, 0.29) is 22.0 Å². The van der Waals surface area contributed by atoms with Crippen LogP contribution in [-0.2, 0) is 30.1 Å². The second-order valence-corrected chi connectivity index (χ2v) is 17.5. The van der Waals surface area contributed by atoms with E-state index in [0.717, 1.165) is 30.4 Å². The minimum atomic E-state index is -1.02. The van der Waals surface area contributed by atoms with Gasteiger partial charge in [-0.2, -0.15) is 0 Å². The lowest BCUT2D eigenvalue weighted by molar-refractivity contribution is 0.0683. The molecule has 4 aromatic carbocycles. The van der Waals surface area contributed by atoms with Crippen molar-refractivity contribution in [1.82, 2.24) is 0 Å². The Hall–Kier alpha value is -3.83. The van der Waals surface area contributed by atoms with E-state index in [1.165, 1.54) is 56.3 Å². The Morgan fingerprint density at radius 2 is 0.788 bits per heavy atom. The van der Waals surface area contributed by atoms with Crippen molar-refractivity contribution in [3.63, 3.8) is 0 Å². The molecule has 0 amide bonds. The summed E-state index contributed by atoms with van der Waals surface area (Å²) in [7, 11) is 0. The van der Waals surface area contributed by atoms with Crippen LogP contribution in [0.4, 0.5) is 0 Å². The molecule has 0 spiro atoms. The van der Waals surface area contributed by atoms with Gasteiger partial charge in [0, 0.05) is 9.79 Å². The van der Waals surface area contributed by atoms with Crippen LogP contribution < -0.4 is 0 Å². The number of hydrogen-bond donors (Lipinski definition) is 2. The molecule has 0 unspecified atom stereocenters. The van der Waals surface area contributed by atoms with Gasteiger partial charge in [0.2, 0.25) is 0 Å². The topological polar surface area (TPSA) is 74.6 Å². The summed E-state index contributed by atoms with van der Waals surface area (Å²) in [6, 6.07) is 10.7. The van der Waals surface area contributed by atoms with Crippen molar-refractivity contribution in [2.75, 3.05) is 0 Å². The lowest BCUT2D eigenvalue weighted by Crippen LogP contribution is -2.13. The minimum Gasteiger partial charge on any atom is -0.478 e. The van der Waals surface area contributed by atoms with Gasteiger partial charge >= 0.3 is 11.9 Å². The number of carboxylic acids is 2. The number of carbonyl (C=O) groups is 2. The van der Waals surface area contributed by atoms with Crippen molar-refractivity contribution >= 4 is 23.7 Å². The molecule has 0 saturated heterocycles. The van der Waals surface area contributed by atoms with Crippen LogP contribution in [0.3, 0.4) is 0 Å². The summed E-state index contributed by atoms with van der Waals surface area (Å²) in [5.74, 6) is -2.04. The molecule has 52 heavy (non-hydrogen) atoms. The van der Waals surface area contributed by atoms with Gasteiger partial charge in [-0.3, -0.25) is 0 Å². The Morgan fingerprint density at radius 3 is 1.04 bits per heavy atom. The molecule has 280 valence electrons. The van der Waals surface area contributed by atoms with Gasteiger partial charge in [-0.1, -0.05) is 79.3 Å². The second-order valence-electron chi connectivity index (χ2n) is 16.4. The SMILES string of the molecule is CC(C)(C)c1ccc(Sc2ccc(C(C)(C)C)cc2C(=O)O)c(C(=O)O)c1.CCc1c(C)c(C)c(C)c(C)c1Cc1c(C)c(C)c(C)c(C)c1CC. The number of rotatable bonds is 8. The molecule has 0 fully saturated rings. The molecule has 5 heteroatoms. The Kier molecular flexibility index (Phi) is 13.5. The van der Waals surface area contributed by atoms with Crippen LogP contribution in [0.1, 0.15) is 154 Å². The monoisotopic (exact) mass is 722 g/mol. The zero-order chi connectivity index (χ0) is 39.6. The zero-order valence-corrected chi connectivity index (χ0v) is 35.5. The largest absolute Gasteiger partial charge is 0.478 e. The second kappa shape index (κ2) is 16.5. The molecule has 4 nitrogen and oxygen atoms in total. The molecule has 0 radical (unpaired) electrons. The van der Waals surface area contributed by atoms with Gasteiger partial charge in [-0.15, -0.1) is 0 Å². The normalized spacial score (nSPS) is 11.7. The van der Waals surface area contributed by atoms with Crippen LogP contribution in [-0.4, -0.2) is 22.2 Å². The number of aromatic carboxylic acids is 2. The van der Waals surface area contributed by atoms with E-state index >= 15 is 0 Å². The first-order chi connectivity index (χ1) is 24.0. The van der Waals surface area contributed by atoms with Gasteiger partial charge in [0.05, 0.1) is 11.1 Å². The van der Waals surface area contributed by atoms with Crippen LogP contribution >= 0.6 is 11.8 Å². The van der Waals surface area contributed by atoms with Crippen molar-refractivity contribution in [2.24, 2.45) is 0 Å². The van der Waals surface area contributed by atoms with Crippen molar-refractivity contribution in [2.45, 2.75) is 151 Å². The van der Waals surface area contributed by atoms with Gasteiger partial charge < -0.3 is 10.2 Å².